The van der Waals surface area contributed by atoms with Gasteiger partial charge in [0.2, 0.25) is 5.91 Å². The van der Waals surface area contributed by atoms with Gasteiger partial charge >= 0.3 is 6.03 Å². The molecule has 0 unspecified atom stereocenters. The average Bonchev–Trinajstić information content (AvgIpc) is 3.13. The topological polar surface area (TPSA) is 101 Å². The number of benzene rings is 1. The van der Waals surface area contributed by atoms with Crippen molar-refractivity contribution in [1.82, 2.24) is 10.2 Å². The number of amides is 4. The van der Waals surface area contributed by atoms with Gasteiger partial charge in [0.05, 0.1) is 12.8 Å². The SMILES string of the molecule is COc1ccc(C)cc1NC(=O)CN1C(=O)N[C@](C)(c2ccc(C)o2)C1=O. The number of nitrogens with one attached hydrogen (secondary N) is 2. The van der Waals surface area contributed by atoms with Crippen molar-refractivity contribution in [2.45, 2.75) is 26.3 Å². The molecule has 0 spiro atoms. The Labute approximate surface area is 156 Å². The summed E-state index contributed by atoms with van der Waals surface area (Å²) in [5.41, 5.74) is 0.0629. The molecule has 0 radical (unpaired) electrons. The monoisotopic (exact) mass is 371 g/mol. The molecule has 2 aromatic rings. The molecular formula is C19H21N3O5. The predicted octanol–water partition coefficient (Wildman–Crippen LogP) is 2.31. The quantitative estimate of drug-likeness (QED) is 0.786. The fraction of sp³-hybridized carbons (Fsp3) is 0.316. The van der Waals surface area contributed by atoms with Gasteiger partial charge in [-0.25, -0.2) is 4.79 Å². The Morgan fingerprint density at radius 2 is 2.00 bits per heavy atom. The lowest BCUT2D eigenvalue weighted by Gasteiger charge is -2.19. The van der Waals surface area contributed by atoms with Crippen molar-refractivity contribution in [2.75, 3.05) is 19.0 Å². The minimum atomic E-state index is -1.34. The molecule has 0 bridgehead atoms. The van der Waals surface area contributed by atoms with E-state index >= 15 is 0 Å². The van der Waals surface area contributed by atoms with Crippen LogP contribution in [0.15, 0.2) is 34.7 Å². The normalized spacial score (nSPS) is 19.2. The van der Waals surface area contributed by atoms with Gasteiger partial charge in [-0.2, -0.15) is 0 Å². The standard InChI is InChI=1S/C19H21N3O5/c1-11-5-7-14(26-4)13(9-11)20-16(23)10-22-17(24)19(3,21-18(22)25)15-8-6-12(2)27-15/h5-9H,10H2,1-4H3,(H,20,23)(H,21,25)/t19-/m1/s1. The van der Waals surface area contributed by atoms with Crippen LogP contribution in [0.2, 0.25) is 0 Å². The highest BCUT2D eigenvalue weighted by Gasteiger charge is 2.51. The fourth-order valence-corrected chi connectivity index (χ4v) is 2.96. The Hall–Kier alpha value is -3.29. The molecule has 0 saturated carbocycles. The molecule has 8 nitrogen and oxygen atoms in total. The molecule has 0 aliphatic carbocycles. The van der Waals surface area contributed by atoms with E-state index in [2.05, 4.69) is 10.6 Å². The van der Waals surface area contributed by atoms with E-state index in [-0.39, 0.29) is 0 Å². The molecule has 2 N–H and O–H groups in total. The number of aryl methyl sites for hydroxylation is 2. The van der Waals surface area contributed by atoms with Crippen LogP contribution in [0.1, 0.15) is 24.0 Å². The lowest BCUT2D eigenvalue weighted by Crippen LogP contribution is -2.41. The van der Waals surface area contributed by atoms with Gasteiger partial charge in [0.25, 0.3) is 5.91 Å². The Bertz CT molecular complexity index is 920. The molecule has 2 heterocycles. The fourth-order valence-electron chi connectivity index (χ4n) is 2.96. The van der Waals surface area contributed by atoms with Crippen LogP contribution in [0.3, 0.4) is 0 Å². The number of urea groups is 1. The van der Waals surface area contributed by atoms with E-state index in [0.717, 1.165) is 10.5 Å². The van der Waals surface area contributed by atoms with Crippen LogP contribution in [0.25, 0.3) is 0 Å². The van der Waals surface area contributed by atoms with Crippen LogP contribution < -0.4 is 15.4 Å². The van der Waals surface area contributed by atoms with Crippen LogP contribution in [0.4, 0.5) is 10.5 Å². The van der Waals surface area contributed by atoms with Crippen molar-refractivity contribution in [2.24, 2.45) is 0 Å². The van der Waals surface area contributed by atoms with Gasteiger partial charge < -0.3 is 19.8 Å². The van der Waals surface area contributed by atoms with Gasteiger partial charge in [0.1, 0.15) is 23.8 Å². The van der Waals surface area contributed by atoms with Gasteiger partial charge in [-0.05, 0) is 50.6 Å². The number of ether oxygens (including phenoxy) is 1. The highest BCUT2D eigenvalue weighted by Crippen LogP contribution is 2.30. The number of methoxy groups -OCH3 is 1. The van der Waals surface area contributed by atoms with Crippen LogP contribution >= 0.6 is 0 Å². The van der Waals surface area contributed by atoms with Crippen LogP contribution in [0.5, 0.6) is 5.75 Å². The summed E-state index contributed by atoms with van der Waals surface area (Å²) in [7, 11) is 1.49. The summed E-state index contributed by atoms with van der Waals surface area (Å²) in [6.45, 7) is 4.75. The Morgan fingerprint density at radius 1 is 1.26 bits per heavy atom. The van der Waals surface area contributed by atoms with Crippen molar-refractivity contribution >= 4 is 23.5 Å². The number of imide groups is 1. The molecule has 1 atom stereocenters. The van der Waals surface area contributed by atoms with Gasteiger partial charge in [-0.3, -0.25) is 14.5 Å². The van der Waals surface area contributed by atoms with Crippen molar-refractivity contribution < 1.29 is 23.5 Å². The third kappa shape index (κ3) is 3.38. The van der Waals surface area contributed by atoms with Gasteiger partial charge in [0, 0.05) is 0 Å². The van der Waals surface area contributed by atoms with E-state index in [0.29, 0.717) is 23.0 Å². The molecule has 27 heavy (non-hydrogen) atoms. The average molecular weight is 371 g/mol. The van der Waals surface area contributed by atoms with Gasteiger partial charge in [-0.15, -0.1) is 0 Å². The molecule has 1 aromatic carbocycles. The first-order valence-electron chi connectivity index (χ1n) is 8.40. The number of furan rings is 1. The zero-order valence-corrected chi connectivity index (χ0v) is 15.6. The summed E-state index contributed by atoms with van der Waals surface area (Å²) in [5.74, 6) is 0.371. The lowest BCUT2D eigenvalue weighted by molar-refractivity contribution is -0.134. The smallest absolute Gasteiger partial charge is 0.325 e. The third-order valence-corrected chi connectivity index (χ3v) is 4.44. The molecule has 8 heteroatoms. The van der Waals surface area contributed by atoms with Crippen molar-refractivity contribution in [3.05, 3.63) is 47.4 Å². The number of carbonyl (C=O) groups is 3. The number of hydrogen-bond donors (Lipinski definition) is 2. The molecule has 1 aromatic heterocycles. The maximum absolute atomic E-state index is 12.8. The Morgan fingerprint density at radius 3 is 2.63 bits per heavy atom. The lowest BCUT2D eigenvalue weighted by atomic mass is 9.99. The second-order valence-corrected chi connectivity index (χ2v) is 6.61. The van der Waals surface area contributed by atoms with E-state index < -0.39 is 29.9 Å². The number of hydrogen-bond acceptors (Lipinski definition) is 5. The third-order valence-electron chi connectivity index (χ3n) is 4.44. The molecule has 1 fully saturated rings. The zero-order chi connectivity index (χ0) is 19.8. The molecule has 142 valence electrons. The Kier molecular flexibility index (Phi) is 4.65. The molecule has 4 amide bonds. The van der Waals surface area contributed by atoms with E-state index in [1.165, 1.54) is 7.11 Å². The van der Waals surface area contributed by atoms with Gasteiger partial charge in [-0.1, -0.05) is 6.07 Å². The number of carbonyl (C=O) groups excluding carboxylic acids is 3. The zero-order valence-electron chi connectivity index (χ0n) is 15.6. The van der Waals surface area contributed by atoms with Crippen LogP contribution in [-0.4, -0.2) is 36.4 Å². The first-order chi connectivity index (χ1) is 12.7. The highest BCUT2D eigenvalue weighted by atomic mass is 16.5. The minimum Gasteiger partial charge on any atom is -0.495 e. The van der Waals surface area contributed by atoms with Crippen molar-refractivity contribution in [1.29, 1.82) is 0 Å². The maximum Gasteiger partial charge on any atom is 0.325 e. The summed E-state index contributed by atoms with van der Waals surface area (Å²) in [4.78, 5) is 38.4. The second kappa shape index (κ2) is 6.79. The summed E-state index contributed by atoms with van der Waals surface area (Å²) >= 11 is 0. The summed E-state index contributed by atoms with van der Waals surface area (Å²) in [6, 6.07) is 8.02. The molecular weight excluding hydrogens is 350 g/mol. The second-order valence-electron chi connectivity index (χ2n) is 6.61. The van der Waals surface area contributed by atoms with Crippen molar-refractivity contribution in [3.63, 3.8) is 0 Å². The molecule has 3 rings (SSSR count). The van der Waals surface area contributed by atoms with E-state index in [9.17, 15) is 14.4 Å². The van der Waals surface area contributed by atoms with Crippen LogP contribution in [0, 0.1) is 13.8 Å². The summed E-state index contributed by atoms with van der Waals surface area (Å²) in [5, 5.41) is 5.28. The minimum absolute atomic E-state index is 0.321. The Balaban J connectivity index is 1.76. The predicted molar refractivity (Wildman–Crippen MR) is 97.4 cm³/mol. The number of nitrogens with zero attached hydrogens (tertiary/aromatic N) is 1. The molecule has 1 saturated heterocycles. The highest BCUT2D eigenvalue weighted by molar-refractivity contribution is 6.10. The van der Waals surface area contributed by atoms with Crippen LogP contribution in [-0.2, 0) is 15.1 Å². The van der Waals surface area contributed by atoms with Crippen molar-refractivity contribution in [3.8, 4) is 5.75 Å². The van der Waals surface area contributed by atoms with E-state index in [1.54, 1.807) is 38.1 Å². The van der Waals surface area contributed by atoms with E-state index in [1.807, 2.05) is 13.0 Å². The summed E-state index contributed by atoms with van der Waals surface area (Å²) < 4.78 is 10.7. The first-order valence-corrected chi connectivity index (χ1v) is 8.40. The molecule has 1 aliphatic heterocycles. The first kappa shape index (κ1) is 18.5. The maximum atomic E-state index is 12.8. The number of rotatable bonds is 5. The molecule has 1 aliphatic rings. The largest absolute Gasteiger partial charge is 0.495 e. The number of anilines is 1. The summed E-state index contributed by atoms with van der Waals surface area (Å²) in [6.07, 6.45) is 0. The van der Waals surface area contributed by atoms with Gasteiger partial charge in [0.15, 0.2) is 5.54 Å². The van der Waals surface area contributed by atoms with E-state index in [4.69, 9.17) is 9.15 Å².